The summed E-state index contributed by atoms with van der Waals surface area (Å²) < 4.78 is 88.9. The summed E-state index contributed by atoms with van der Waals surface area (Å²) in [5.41, 5.74) is 3.17. The Morgan fingerprint density at radius 1 is 0.387 bits per heavy atom. The van der Waals surface area contributed by atoms with Gasteiger partial charge in [0.1, 0.15) is 36.7 Å². The second-order valence-electron chi connectivity index (χ2n) is 14.2. The van der Waals surface area contributed by atoms with Gasteiger partial charge in [0.2, 0.25) is 0 Å². The van der Waals surface area contributed by atoms with Crippen molar-refractivity contribution in [3.05, 3.63) is 144 Å². The molecule has 336 valence electrons. The minimum atomic E-state index is -3.97. The Kier molecular flexibility index (Phi) is 20.0. The van der Waals surface area contributed by atoms with Crippen LogP contribution in [0.15, 0.2) is 121 Å². The molecule has 0 amide bonds. The first-order valence-corrected chi connectivity index (χ1v) is 24.3. The number of esters is 2. The molecule has 2 unspecified atom stereocenters. The smallest absolute Gasteiger partial charge is 0.341 e. The number of hydrogen-bond acceptors (Lipinski definition) is 14. The van der Waals surface area contributed by atoms with E-state index in [0.717, 1.165) is 22.3 Å². The SMILES string of the molecule is CCOP(=O)(CC(=O)O[C@@H]1C(OCc2ccccc2)[C@H](OC(=O)CP(=O)(OCC)OCC)[C@H](OCc2ccccc2)C(OCc2ccccc2)[C@H]1OCc1ccccc1)OCC. The van der Waals surface area contributed by atoms with Gasteiger partial charge in [0.15, 0.2) is 12.2 Å². The van der Waals surface area contributed by atoms with Gasteiger partial charge < -0.3 is 46.5 Å². The highest BCUT2D eigenvalue weighted by Crippen LogP contribution is 2.49. The Morgan fingerprint density at radius 3 is 0.855 bits per heavy atom. The maximum absolute atomic E-state index is 14.1. The summed E-state index contributed by atoms with van der Waals surface area (Å²) in [4.78, 5) is 28.3. The Hall–Kier alpha value is -4.04. The molecule has 14 nitrogen and oxygen atoms in total. The standard InChI is InChI=1S/C46H58O14P2/c1-5-55-61(49,56-6-2)33-39(47)59-45-42(52-30-36-23-15-10-16-24-36)41(51-29-35-21-13-9-14-22-35)43(53-31-37-25-17-11-18-26-37)46(44(45)54-32-38-27-19-12-20-28-38)60-40(48)34-62(50,57-7-3)58-8-4/h9-28,41-46H,5-8,29-34H2,1-4H3/t41?,42-,43-,44?,45-,46+/m1/s1. The molecule has 4 aromatic carbocycles. The number of ether oxygens (including phenoxy) is 6. The third kappa shape index (κ3) is 15.1. The largest absolute Gasteiger partial charge is 0.456 e. The van der Waals surface area contributed by atoms with E-state index in [1.165, 1.54) is 0 Å². The number of benzene rings is 4. The van der Waals surface area contributed by atoms with E-state index in [1.54, 1.807) is 27.7 Å². The van der Waals surface area contributed by atoms with E-state index in [9.17, 15) is 18.7 Å². The first-order valence-electron chi connectivity index (χ1n) is 20.9. The summed E-state index contributed by atoms with van der Waals surface area (Å²) >= 11 is 0. The minimum absolute atomic E-state index is 0.0147. The summed E-state index contributed by atoms with van der Waals surface area (Å²) in [5, 5.41) is 0. The Bertz CT molecular complexity index is 1890. The summed E-state index contributed by atoms with van der Waals surface area (Å²) in [6, 6.07) is 37.4. The van der Waals surface area contributed by atoms with Crippen LogP contribution in [0.25, 0.3) is 0 Å². The van der Waals surface area contributed by atoms with Crippen LogP contribution in [-0.2, 0) is 91.7 Å². The predicted molar refractivity (Wildman–Crippen MR) is 231 cm³/mol. The molecule has 16 heteroatoms. The van der Waals surface area contributed by atoms with Crippen molar-refractivity contribution in [1.29, 1.82) is 0 Å². The molecule has 6 atom stereocenters. The number of carbonyl (C=O) groups is 2. The van der Waals surface area contributed by atoms with Gasteiger partial charge in [-0.1, -0.05) is 121 Å². The first-order chi connectivity index (χ1) is 30.1. The van der Waals surface area contributed by atoms with E-state index < -0.39 is 76.1 Å². The maximum atomic E-state index is 14.1. The molecular weight excluding hydrogens is 838 g/mol. The third-order valence-electron chi connectivity index (χ3n) is 9.57. The molecule has 1 saturated carbocycles. The maximum Gasteiger partial charge on any atom is 0.341 e. The monoisotopic (exact) mass is 896 g/mol. The lowest BCUT2D eigenvalue weighted by Gasteiger charge is -2.49. The second kappa shape index (κ2) is 25.3. The van der Waals surface area contributed by atoms with Crippen molar-refractivity contribution >= 4 is 27.1 Å². The van der Waals surface area contributed by atoms with E-state index in [-0.39, 0.29) is 52.9 Å². The second-order valence-corrected chi connectivity index (χ2v) is 18.3. The van der Waals surface area contributed by atoms with Crippen molar-refractivity contribution in [1.82, 2.24) is 0 Å². The van der Waals surface area contributed by atoms with Gasteiger partial charge in [0, 0.05) is 0 Å². The average molecular weight is 897 g/mol. The lowest BCUT2D eigenvalue weighted by Crippen LogP contribution is -2.68. The first kappa shape index (κ1) is 49.0. The van der Waals surface area contributed by atoms with E-state index >= 15 is 0 Å². The summed E-state index contributed by atoms with van der Waals surface area (Å²) in [7, 11) is -7.93. The van der Waals surface area contributed by atoms with Crippen molar-refractivity contribution in [2.45, 2.75) is 90.7 Å². The van der Waals surface area contributed by atoms with Crippen molar-refractivity contribution in [2.75, 3.05) is 38.8 Å². The Balaban J connectivity index is 1.66. The summed E-state index contributed by atoms with van der Waals surface area (Å²) in [6.07, 6.45) is -9.01. The fourth-order valence-electron chi connectivity index (χ4n) is 6.95. The molecule has 1 aliphatic rings. The molecular formula is C46H58O14P2. The third-order valence-corrected chi connectivity index (χ3v) is 13.5. The molecule has 1 aliphatic carbocycles. The van der Waals surface area contributed by atoms with Crippen LogP contribution in [0.3, 0.4) is 0 Å². The molecule has 0 aromatic heterocycles. The quantitative estimate of drug-likeness (QED) is 0.0435. The van der Waals surface area contributed by atoms with Crippen molar-refractivity contribution in [3.8, 4) is 0 Å². The van der Waals surface area contributed by atoms with Gasteiger partial charge in [0.05, 0.1) is 52.9 Å². The van der Waals surface area contributed by atoms with E-state index in [1.807, 2.05) is 121 Å². The molecule has 62 heavy (non-hydrogen) atoms. The van der Waals surface area contributed by atoms with E-state index in [2.05, 4.69) is 0 Å². The van der Waals surface area contributed by atoms with Crippen LogP contribution in [0, 0.1) is 0 Å². The van der Waals surface area contributed by atoms with Crippen molar-refractivity contribution < 1.29 is 65.2 Å². The van der Waals surface area contributed by atoms with E-state index in [0.29, 0.717) is 0 Å². The van der Waals surface area contributed by atoms with Gasteiger partial charge in [-0.25, -0.2) is 0 Å². The molecule has 0 heterocycles. The molecule has 0 spiro atoms. The number of rotatable bonds is 26. The van der Waals surface area contributed by atoms with Gasteiger partial charge in [-0.15, -0.1) is 0 Å². The normalized spacial score (nSPS) is 20.4. The highest BCUT2D eigenvalue weighted by Gasteiger charge is 2.58. The summed E-state index contributed by atoms with van der Waals surface area (Å²) in [5.74, 6) is -1.90. The zero-order valence-corrected chi connectivity index (χ0v) is 37.5. The lowest BCUT2D eigenvalue weighted by atomic mass is 9.83. The zero-order valence-electron chi connectivity index (χ0n) is 35.7. The fraction of sp³-hybridized carbons (Fsp3) is 0.435. The van der Waals surface area contributed by atoms with Crippen LogP contribution >= 0.6 is 15.2 Å². The van der Waals surface area contributed by atoms with E-state index in [4.69, 9.17) is 46.5 Å². The zero-order chi connectivity index (χ0) is 44.2. The lowest BCUT2D eigenvalue weighted by molar-refractivity contribution is -0.279. The number of carbonyl (C=O) groups excluding carboxylic acids is 2. The number of hydrogen-bond donors (Lipinski definition) is 0. The van der Waals surface area contributed by atoms with Crippen LogP contribution in [0.1, 0.15) is 49.9 Å². The van der Waals surface area contributed by atoms with Crippen LogP contribution < -0.4 is 0 Å². The molecule has 5 rings (SSSR count). The molecule has 4 aromatic rings. The minimum Gasteiger partial charge on any atom is -0.456 e. The fourth-order valence-corrected chi connectivity index (χ4v) is 9.82. The van der Waals surface area contributed by atoms with Crippen molar-refractivity contribution in [2.24, 2.45) is 0 Å². The molecule has 1 fully saturated rings. The molecule has 0 aliphatic heterocycles. The van der Waals surface area contributed by atoms with Crippen LogP contribution in [0.5, 0.6) is 0 Å². The van der Waals surface area contributed by atoms with Gasteiger partial charge >= 0.3 is 27.1 Å². The van der Waals surface area contributed by atoms with Gasteiger partial charge in [-0.2, -0.15) is 0 Å². The van der Waals surface area contributed by atoms with Gasteiger partial charge in [-0.3, -0.25) is 18.7 Å². The molecule has 0 radical (unpaired) electrons. The van der Waals surface area contributed by atoms with Gasteiger partial charge in [0.25, 0.3) is 0 Å². The van der Waals surface area contributed by atoms with Crippen LogP contribution in [0.2, 0.25) is 0 Å². The molecule has 0 bridgehead atoms. The summed E-state index contributed by atoms with van der Waals surface area (Å²) in [6.45, 7) is 6.69. The Morgan fingerprint density at radius 2 is 0.613 bits per heavy atom. The van der Waals surface area contributed by atoms with Crippen LogP contribution in [0.4, 0.5) is 0 Å². The highest BCUT2D eigenvalue weighted by atomic mass is 31.2. The van der Waals surface area contributed by atoms with Crippen molar-refractivity contribution in [3.63, 3.8) is 0 Å². The molecule has 0 saturated heterocycles. The topological polar surface area (TPSA) is 161 Å². The highest BCUT2D eigenvalue weighted by molar-refractivity contribution is 7.55. The van der Waals surface area contributed by atoms with Gasteiger partial charge in [-0.05, 0) is 49.9 Å². The predicted octanol–water partition coefficient (Wildman–Crippen LogP) is 8.70. The Labute approximate surface area is 364 Å². The average Bonchev–Trinajstić information content (AvgIpc) is 3.26. The van der Waals surface area contributed by atoms with Crippen LogP contribution in [-0.4, -0.2) is 87.3 Å². The molecule has 0 N–H and O–H groups in total.